The third-order valence-corrected chi connectivity index (χ3v) is 2.98. The first kappa shape index (κ1) is 14.2. The first-order valence-corrected chi connectivity index (χ1v) is 6.37. The topological polar surface area (TPSA) is 72.6 Å². The van der Waals surface area contributed by atoms with Crippen LogP contribution in [0.25, 0.3) is 0 Å². The van der Waals surface area contributed by atoms with Crippen LogP contribution >= 0.6 is 0 Å². The molecular weight excluding hydrogens is 254 g/mol. The van der Waals surface area contributed by atoms with Gasteiger partial charge in [-0.1, -0.05) is 60.7 Å². The molecule has 2 aromatic carbocycles. The molecule has 0 fully saturated rings. The van der Waals surface area contributed by atoms with Crippen LogP contribution in [0.3, 0.4) is 0 Å². The van der Waals surface area contributed by atoms with Crippen molar-refractivity contribution in [1.29, 1.82) is 0 Å². The molecule has 4 nitrogen and oxygen atoms in total. The standard InChI is InChI=1S/C16H17NO3/c17-14(15(18)13-9-5-2-6-10-13)16(19)20-11-12-7-3-1-4-8-12/h1-10,14-15,18H,11,17H2/t14-,15+/m0/s1. The number of nitrogens with two attached hydrogens (primary N) is 1. The van der Waals surface area contributed by atoms with Gasteiger partial charge in [-0.3, -0.25) is 4.79 Å². The second-order valence-electron chi connectivity index (χ2n) is 4.47. The second kappa shape index (κ2) is 6.84. The van der Waals surface area contributed by atoms with Crippen molar-refractivity contribution in [2.24, 2.45) is 5.73 Å². The number of benzene rings is 2. The average molecular weight is 271 g/mol. The molecule has 2 aromatic rings. The highest BCUT2D eigenvalue weighted by Crippen LogP contribution is 2.16. The molecule has 0 aliphatic rings. The quantitative estimate of drug-likeness (QED) is 0.813. The van der Waals surface area contributed by atoms with E-state index in [9.17, 15) is 9.90 Å². The molecule has 0 bridgehead atoms. The molecule has 2 rings (SSSR count). The Morgan fingerprint density at radius 1 is 1.05 bits per heavy atom. The summed E-state index contributed by atoms with van der Waals surface area (Å²) in [5.41, 5.74) is 7.20. The molecule has 0 radical (unpaired) electrons. The van der Waals surface area contributed by atoms with Gasteiger partial charge in [-0.2, -0.15) is 0 Å². The van der Waals surface area contributed by atoms with E-state index in [1.54, 1.807) is 24.3 Å². The fourth-order valence-corrected chi connectivity index (χ4v) is 1.81. The van der Waals surface area contributed by atoms with Gasteiger partial charge in [0.25, 0.3) is 0 Å². The van der Waals surface area contributed by atoms with Crippen molar-refractivity contribution in [3.63, 3.8) is 0 Å². The maximum Gasteiger partial charge on any atom is 0.326 e. The predicted molar refractivity (Wildman–Crippen MR) is 75.6 cm³/mol. The molecule has 0 aromatic heterocycles. The summed E-state index contributed by atoms with van der Waals surface area (Å²) >= 11 is 0. The highest BCUT2D eigenvalue weighted by molar-refractivity contribution is 5.76. The molecule has 0 saturated heterocycles. The number of aliphatic hydroxyl groups is 1. The predicted octanol–water partition coefficient (Wildman–Crippen LogP) is 1.79. The van der Waals surface area contributed by atoms with Gasteiger partial charge in [0, 0.05) is 0 Å². The molecule has 104 valence electrons. The zero-order valence-electron chi connectivity index (χ0n) is 11.0. The summed E-state index contributed by atoms with van der Waals surface area (Å²) in [7, 11) is 0. The fourth-order valence-electron chi connectivity index (χ4n) is 1.81. The van der Waals surface area contributed by atoms with Crippen LogP contribution in [0.2, 0.25) is 0 Å². The number of hydrogen-bond donors (Lipinski definition) is 2. The molecule has 20 heavy (non-hydrogen) atoms. The van der Waals surface area contributed by atoms with Crippen LogP contribution in [0.4, 0.5) is 0 Å². The van der Waals surface area contributed by atoms with E-state index in [1.807, 2.05) is 36.4 Å². The summed E-state index contributed by atoms with van der Waals surface area (Å²) in [6.45, 7) is 0.148. The molecule has 0 spiro atoms. The van der Waals surface area contributed by atoms with E-state index in [4.69, 9.17) is 10.5 Å². The lowest BCUT2D eigenvalue weighted by Gasteiger charge is -2.18. The van der Waals surface area contributed by atoms with Gasteiger partial charge >= 0.3 is 5.97 Å². The van der Waals surface area contributed by atoms with Gasteiger partial charge in [-0.25, -0.2) is 0 Å². The van der Waals surface area contributed by atoms with Gasteiger partial charge in [0.05, 0.1) is 0 Å². The number of rotatable bonds is 5. The Hall–Kier alpha value is -2.17. The van der Waals surface area contributed by atoms with Crippen molar-refractivity contribution >= 4 is 5.97 Å². The number of carbonyl (C=O) groups excluding carboxylic acids is 1. The van der Waals surface area contributed by atoms with E-state index in [2.05, 4.69) is 0 Å². The van der Waals surface area contributed by atoms with Gasteiger partial charge < -0.3 is 15.6 Å². The normalized spacial score (nSPS) is 13.5. The maximum absolute atomic E-state index is 11.8. The van der Waals surface area contributed by atoms with E-state index < -0.39 is 18.1 Å². The Morgan fingerprint density at radius 2 is 1.60 bits per heavy atom. The summed E-state index contributed by atoms with van der Waals surface area (Å²) in [6, 6.07) is 17.0. The Balaban J connectivity index is 1.92. The van der Waals surface area contributed by atoms with Gasteiger partial charge in [-0.05, 0) is 11.1 Å². The number of ether oxygens (including phenoxy) is 1. The molecule has 0 saturated carbocycles. The maximum atomic E-state index is 11.8. The second-order valence-corrected chi connectivity index (χ2v) is 4.47. The van der Waals surface area contributed by atoms with Crippen LogP contribution in [0, 0.1) is 0 Å². The van der Waals surface area contributed by atoms with Gasteiger partial charge in [0.2, 0.25) is 0 Å². The Labute approximate surface area is 117 Å². The van der Waals surface area contributed by atoms with Gasteiger partial charge in [-0.15, -0.1) is 0 Å². The van der Waals surface area contributed by atoms with Crippen molar-refractivity contribution in [3.8, 4) is 0 Å². The lowest BCUT2D eigenvalue weighted by molar-refractivity contribution is -0.149. The number of esters is 1. The first-order valence-electron chi connectivity index (χ1n) is 6.37. The van der Waals surface area contributed by atoms with Crippen LogP contribution in [0.15, 0.2) is 60.7 Å². The van der Waals surface area contributed by atoms with Crippen LogP contribution in [0.1, 0.15) is 17.2 Å². The minimum absolute atomic E-state index is 0.148. The summed E-state index contributed by atoms with van der Waals surface area (Å²) < 4.78 is 5.11. The summed E-state index contributed by atoms with van der Waals surface area (Å²) in [5.74, 6) is -0.620. The molecule has 0 aliphatic heterocycles. The number of carbonyl (C=O) groups is 1. The molecule has 0 amide bonds. The number of hydrogen-bond acceptors (Lipinski definition) is 4. The molecular formula is C16H17NO3. The van der Waals surface area contributed by atoms with E-state index in [0.717, 1.165) is 5.56 Å². The lowest BCUT2D eigenvalue weighted by atomic mass is 10.0. The lowest BCUT2D eigenvalue weighted by Crippen LogP contribution is -2.38. The van der Waals surface area contributed by atoms with E-state index in [1.165, 1.54) is 0 Å². The summed E-state index contributed by atoms with van der Waals surface area (Å²) in [4.78, 5) is 11.8. The van der Waals surface area contributed by atoms with Crippen LogP contribution in [-0.2, 0) is 16.1 Å². The third-order valence-electron chi connectivity index (χ3n) is 2.98. The van der Waals surface area contributed by atoms with Crippen LogP contribution in [-0.4, -0.2) is 17.1 Å². The molecule has 0 unspecified atom stereocenters. The van der Waals surface area contributed by atoms with Crippen molar-refractivity contribution < 1.29 is 14.6 Å². The van der Waals surface area contributed by atoms with Crippen LogP contribution in [0.5, 0.6) is 0 Å². The minimum Gasteiger partial charge on any atom is -0.460 e. The van der Waals surface area contributed by atoms with Gasteiger partial charge in [0.15, 0.2) is 0 Å². The Bertz CT molecular complexity index is 542. The molecule has 4 heteroatoms. The van der Waals surface area contributed by atoms with Gasteiger partial charge in [0.1, 0.15) is 18.8 Å². The zero-order chi connectivity index (χ0) is 14.4. The molecule has 0 aliphatic carbocycles. The molecule has 0 heterocycles. The van der Waals surface area contributed by atoms with Crippen molar-refractivity contribution in [1.82, 2.24) is 0 Å². The third kappa shape index (κ3) is 3.66. The Kier molecular flexibility index (Phi) is 4.87. The molecule has 3 N–H and O–H groups in total. The monoisotopic (exact) mass is 271 g/mol. The smallest absolute Gasteiger partial charge is 0.326 e. The van der Waals surface area contributed by atoms with E-state index in [-0.39, 0.29) is 6.61 Å². The molecule has 2 atom stereocenters. The zero-order valence-corrected chi connectivity index (χ0v) is 11.0. The van der Waals surface area contributed by atoms with E-state index >= 15 is 0 Å². The summed E-state index contributed by atoms with van der Waals surface area (Å²) in [6.07, 6.45) is -1.07. The first-order chi connectivity index (χ1) is 9.68. The highest BCUT2D eigenvalue weighted by Gasteiger charge is 2.25. The van der Waals surface area contributed by atoms with Crippen molar-refractivity contribution in [2.45, 2.75) is 18.8 Å². The van der Waals surface area contributed by atoms with E-state index in [0.29, 0.717) is 5.56 Å². The Morgan fingerprint density at radius 3 is 2.20 bits per heavy atom. The largest absolute Gasteiger partial charge is 0.460 e. The van der Waals surface area contributed by atoms with Crippen LogP contribution < -0.4 is 5.73 Å². The fraction of sp³-hybridized carbons (Fsp3) is 0.188. The SMILES string of the molecule is N[C@H](C(=O)OCc1ccccc1)[C@H](O)c1ccccc1. The van der Waals surface area contributed by atoms with Crippen molar-refractivity contribution in [3.05, 3.63) is 71.8 Å². The summed E-state index contributed by atoms with van der Waals surface area (Å²) in [5, 5.41) is 10.0. The minimum atomic E-state index is -1.10. The number of aliphatic hydroxyl groups excluding tert-OH is 1. The van der Waals surface area contributed by atoms with Crippen molar-refractivity contribution in [2.75, 3.05) is 0 Å². The average Bonchev–Trinajstić information content (AvgIpc) is 2.53. The highest BCUT2D eigenvalue weighted by atomic mass is 16.5.